The summed E-state index contributed by atoms with van der Waals surface area (Å²) in [5.41, 5.74) is -0.216. The van der Waals surface area contributed by atoms with Crippen LogP contribution in [0.3, 0.4) is 0 Å². The standard InChI is InChI=1S/C12H18N4O4/c1-13-2-4-14(5-3-13)6-7-15-9-10(16(19)20)8-11(15)12(17)18/h8-9H,2-7H2,1H3,(H,17,18). The van der Waals surface area contributed by atoms with Crippen LogP contribution in [0.15, 0.2) is 12.3 Å². The van der Waals surface area contributed by atoms with Gasteiger partial charge >= 0.3 is 5.97 Å². The molecule has 20 heavy (non-hydrogen) atoms. The van der Waals surface area contributed by atoms with Crippen LogP contribution < -0.4 is 0 Å². The van der Waals surface area contributed by atoms with Gasteiger partial charge in [-0.05, 0) is 7.05 Å². The van der Waals surface area contributed by atoms with Crippen molar-refractivity contribution in [3.05, 3.63) is 28.1 Å². The molecule has 0 spiro atoms. The van der Waals surface area contributed by atoms with Gasteiger partial charge in [-0.1, -0.05) is 0 Å². The highest BCUT2D eigenvalue weighted by Crippen LogP contribution is 2.16. The summed E-state index contributed by atoms with van der Waals surface area (Å²) >= 11 is 0. The number of carboxylic acid groups (broad SMARTS) is 1. The summed E-state index contributed by atoms with van der Waals surface area (Å²) in [4.78, 5) is 25.7. The fourth-order valence-electron chi connectivity index (χ4n) is 2.28. The van der Waals surface area contributed by atoms with Gasteiger partial charge in [0, 0.05) is 45.3 Å². The van der Waals surface area contributed by atoms with Crippen LogP contribution in [0.4, 0.5) is 5.69 Å². The summed E-state index contributed by atoms with van der Waals surface area (Å²) in [6.45, 7) is 4.97. The molecule has 0 aliphatic carbocycles. The largest absolute Gasteiger partial charge is 0.477 e. The molecule has 0 atom stereocenters. The number of aromatic nitrogens is 1. The second-order valence-corrected chi connectivity index (χ2v) is 4.98. The third-order valence-corrected chi connectivity index (χ3v) is 3.57. The van der Waals surface area contributed by atoms with Gasteiger partial charge in [-0.2, -0.15) is 0 Å². The Hall–Kier alpha value is -1.93. The zero-order valence-electron chi connectivity index (χ0n) is 11.4. The highest BCUT2D eigenvalue weighted by Gasteiger charge is 2.20. The number of nitrogens with zero attached hydrogens (tertiary/aromatic N) is 4. The molecule has 1 aromatic heterocycles. The van der Waals surface area contributed by atoms with Gasteiger partial charge in [0.05, 0.1) is 11.1 Å². The van der Waals surface area contributed by atoms with Gasteiger partial charge in [0.15, 0.2) is 0 Å². The van der Waals surface area contributed by atoms with E-state index in [-0.39, 0.29) is 11.4 Å². The zero-order valence-corrected chi connectivity index (χ0v) is 11.4. The van der Waals surface area contributed by atoms with E-state index in [4.69, 9.17) is 5.11 Å². The van der Waals surface area contributed by atoms with E-state index in [1.807, 2.05) is 0 Å². The minimum atomic E-state index is -1.14. The first kappa shape index (κ1) is 14.5. The third-order valence-electron chi connectivity index (χ3n) is 3.57. The van der Waals surface area contributed by atoms with Gasteiger partial charge in [0.25, 0.3) is 5.69 Å². The first-order chi connectivity index (χ1) is 9.47. The lowest BCUT2D eigenvalue weighted by atomic mass is 10.3. The lowest BCUT2D eigenvalue weighted by Crippen LogP contribution is -2.45. The molecule has 0 amide bonds. The average molecular weight is 282 g/mol. The zero-order chi connectivity index (χ0) is 14.7. The summed E-state index contributed by atoms with van der Waals surface area (Å²) < 4.78 is 1.44. The molecule has 1 fully saturated rings. The predicted octanol–water partition coefficient (Wildman–Crippen LogP) is 0.342. The molecular formula is C12H18N4O4. The molecule has 0 aromatic carbocycles. The van der Waals surface area contributed by atoms with Gasteiger partial charge in [-0.15, -0.1) is 0 Å². The number of rotatable bonds is 5. The van der Waals surface area contributed by atoms with Crippen molar-refractivity contribution in [2.75, 3.05) is 39.8 Å². The van der Waals surface area contributed by atoms with E-state index in [2.05, 4.69) is 16.8 Å². The lowest BCUT2D eigenvalue weighted by molar-refractivity contribution is -0.384. The van der Waals surface area contributed by atoms with Crippen LogP contribution in [0.5, 0.6) is 0 Å². The number of likely N-dealkylation sites (N-methyl/N-ethyl adjacent to an activating group) is 1. The monoisotopic (exact) mass is 282 g/mol. The third kappa shape index (κ3) is 3.34. The number of nitro groups is 1. The van der Waals surface area contributed by atoms with E-state index < -0.39 is 10.9 Å². The Bertz CT molecular complexity index is 506. The Labute approximate surface area is 116 Å². The Balaban J connectivity index is 2.01. The van der Waals surface area contributed by atoms with Gasteiger partial charge in [0.2, 0.25) is 0 Å². The number of carboxylic acids is 1. The van der Waals surface area contributed by atoms with Gasteiger partial charge in [-0.25, -0.2) is 4.79 Å². The van der Waals surface area contributed by atoms with Crippen molar-refractivity contribution in [3.63, 3.8) is 0 Å². The normalized spacial score (nSPS) is 17.2. The Morgan fingerprint density at radius 3 is 2.55 bits per heavy atom. The van der Waals surface area contributed by atoms with Crippen LogP contribution in [0.1, 0.15) is 10.5 Å². The molecule has 1 aliphatic heterocycles. The fourth-order valence-corrected chi connectivity index (χ4v) is 2.28. The molecule has 1 saturated heterocycles. The van der Waals surface area contributed by atoms with E-state index in [9.17, 15) is 14.9 Å². The molecule has 1 aromatic rings. The number of carbonyl (C=O) groups is 1. The van der Waals surface area contributed by atoms with E-state index >= 15 is 0 Å². The molecule has 0 bridgehead atoms. The highest BCUT2D eigenvalue weighted by molar-refractivity contribution is 5.86. The quantitative estimate of drug-likeness (QED) is 0.618. The van der Waals surface area contributed by atoms with Crippen molar-refractivity contribution >= 4 is 11.7 Å². The van der Waals surface area contributed by atoms with Crippen molar-refractivity contribution in [1.29, 1.82) is 0 Å². The number of piperazine rings is 1. The van der Waals surface area contributed by atoms with Crippen LogP contribution in [0.25, 0.3) is 0 Å². The predicted molar refractivity (Wildman–Crippen MR) is 72.0 cm³/mol. The van der Waals surface area contributed by atoms with Crippen LogP contribution in [-0.4, -0.2) is 70.1 Å². The first-order valence-corrected chi connectivity index (χ1v) is 6.46. The minimum Gasteiger partial charge on any atom is -0.477 e. The smallest absolute Gasteiger partial charge is 0.352 e. The molecule has 2 rings (SSSR count). The summed E-state index contributed by atoms with van der Waals surface area (Å²) in [6.07, 6.45) is 1.29. The maximum Gasteiger partial charge on any atom is 0.352 e. The second-order valence-electron chi connectivity index (χ2n) is 4.98. The van der Waals surface area contributed by atoms with E-state index in [1.165, 1.54) is 10.8 Å². The van der Waals surface area contributed by atoms with E-state index in [0.717, 1.165) is 32.2 Å². The van der Waals surface area contributed by atoms with Gasteiger partial charge < -0.3 is 14.6 Å². The molecule has 8 heteroatoms. The maximum atomic E-state index is 11.1. The molecule has 110 valence electrons. The average Bonchev–Trinajstić information content (AvgIpc) is 2.82. The van der Waals surface area contributed by atoms with Crippen molar-refractivity contribution in [2.45, 2.75) is 6.54 Å². The second kappa shape index (κ2) is 6.02. The number of hydrogen-bond donors (Lipinski definition) is 1. The highest BCUT2D eigenvalue weighted by atomic mass is 16.6. The maximum absolute atomic E-state index is 11.1. The van der Waals surface area contributed by atoms with Crippen molar-refractivity contribution in [3.8, 4) is 0 Å². The Kier molecular flexibility index (Phi) is 4.35. The molecule has 8 nitrogen and oxygen atoms in total. The van der Waals surface area contributed by atoms with Crippen molar-refractivity contribution in [1.82, 2.24) is 14.4 Å². The summed E-state index contributed by atoms with van der Waals surface area (Å²) in [5, 5.41) is 19.8. The summed E-state index contributed by atoms with van der Waals surface area (Å²) in [6, 6.07) is 1.10. The fraction of sp³-hybridized carbons (Fsp3) is 0.583. The molecule has 1 N–H and O–H groups in total. The van der Waals surface area contributed by atoms with Crippen molar-refractivity contribution in [2.24, 2.45) is 0 Å². The van der Waals surface area contributed by atoms with Crippen LogP contribution in [-0.2, 0) is 6.54 Å². The molecule has 0 radical (unpaired) electrons. The SMILES string of the molecule is CN1CCN(CCn2cc([N+](=O)[O-])cc2C(=O)O)CC1. The Morgan fingerprint density at radius 1 is 1.35 bits per heavy atom. The summed E-state index contributed by atoms with van der Waals surface area (Å²) in [7, 11) is 2.06. The van der Waals surface area contributed by atoms with Crippen molar-refractivity contribution < 1.29 is 14.8 Å². The molecule has 0 unspecified atom stereocenters. The topological polar surface area (TPSA) is 91.9 Å². The number of hydrogen-bond acceptors (Lipinski definition) is 5. The summed E-state index contributed by atoms with van der Waals surface area (Å²) in [5.74, 6) is -1.14. The molecular weight excluding hydrogens is 264 g/mol. The van der Waals surface area contributed by atoms with Gasteiger partial charge in [-0.3, -0.25) is 15.0 Å². The lowest BCUT2D eigenvalue weighted by Gasteiger charge is -2.32. The Morgan fingerprint density at radius 2 is 2.00 bits per heavy atom. The van der Waals surface area contributed by atoms with Crippen LogP contribution in [0.2, 0.25) is 0 Å². The van der Waals surface area contributed by atoms with Crippen LogP contribution in [0, 0.1) is 10.1 Å². The van der Waals surface area contributed by atoms with E-state index in [0.29, 0.717) is 13.1 Å². The van der Waals surface area contributed by atoms with E-state index in [1.54, 1.807) is 0 Å². The van der Waals surface area contributed by atoms with Crippen LogP contribution >= 0.6 is 0 Å². The van der Waals surface area contributed by atoms with Gasteiger partial charge in [0.1, 0.15) is 5.69 Å². The number of aromatic carboxylic acids is 1. The molecule has 2 heterocycles. The first-order valence-electron chi connectivity index (χ1n) is 6.46. The molecule has 1 aliphatic rings. The minimum absolute atomic E-state index is 0.0363. The molecule has 0 saturated carbocycles.